The monoisotopic (exact) mass is 199 g/mol. The van der Waals surface area contributed by atoms with Gasteiger partial charge < -0.3 is 10.6 Å². The molecule has 0 aromatic carbocycles. The zero-order valence-corrected chi connectivity index (χ0v) is 9.18. The molecular formula is C10H21N3O. The third-order valence-corrected chi connectivity index (χ3v) is 2.64. The first-order valence-corrected chi connectivity index (χ1v) is 5.44. The zero-order valence-electron chi connectivity index (χ0n) is 9.18. The SMILES string of the molecule is CCCCNC(=O)C1CNCCN1C. The van der Waals surface area contributed by atoms with E-state index in [2.05, 4.69) is 22.5 Å². The Morgan fingerprint density at radius 1 is 1.64 bits per heavy atom. The second kappa shape index (κ2) is 5.98. The topological polar surface area (TPSA) is 44.4 Å². The van der Waals surface area contributed by atoms with Gasteiger partial charge in [-0.15, -0.1) is 0 Å². The Bertz CT molecular complexity index is 184. The van der Waals surface area contributed by atoms with Gasteiger partial charge in [-0.3, -0.25) is 9.69 Å². The Morgan fingerprint density at radius 2 is 2.43 bits per heavy atom. The van der Waals surface area contributed by atoms with Crippen molar-refractivity contribution in [1.82, 2.24) is 15.5 Å². The molecule has 4 heteroatoms. The molecule has 0 aromatic rings. The molecule has 1 aliphatic heterocycles. The summed E-state index contributed by atoms with van der Waals surface area (Å²) < 4.78 is 0. The number of rotatable bonds is 4. The van der Waals surface area contributed by atoms with E-state index in [0.29, 0.717) is 0 Å². The van der Waals surface area contributed by atoms with Gasteiger partial charge in [-0.05, 0) is 13.5 Å². The van der Waals surface area contributed by atoms with Gasteiger partial charge in [-0.2, -0.15) is 0 Å². The zero-order chi connectivity index (χ0) is 10.4. The van der Waals surface area contributed by atoms with Gasteiger partial charge in [0, 0.05) is 26.2 Å². The van der Waals surface area contributed by atoms with Crippen molar-refractivity contribution in [3.05, 3.63) is 0 Å². The van der Waals surface area contributed by atoms with Crippen molar-refractivity contribution in [2.45, 2.75) is 25.8 Å². The van der Waals surface area contributed by atoms with Crippen LogP contribution in [0.3, 0.4) is 0 Å². The van der Waals surface area contributed by atoms with E-state index >= 15 is 0 Å². The number of carbonyl (C=O) groups excluding carboxylic acids is 1. The first-order valence-electron chi connectivity index (χ1n) is 5.44. The number of hydrogen-bond acceptors (Lipinski definition) is 3. The van der Waals surface area contributed by atoms with Crippen LogP contribution in [0.2, 0.25) is 0 Å². The molecule has 0 aromatic heterocycles. The fraction of sp³-hybridized carbons (Fsp3) is 0.900. The molecule has 1 amide bonds. The summed E-state index contributed by atoms with van der Waals surface area (Å²) in [7, 11) is 2.00. The molecule has 0 radical (unpaired) electrons. The van der Waals surface area contributed by atoms with Crippen LogP contribution in [0, 0.1) is 0 Å². The van der Waals surface area contributed by atoms with Crippen molar-refractivity contribution < 1.29 is 4.79 Å². The second-order valence-corrected chi connectivity index (χ2v) is 3.85. The summed E-state index contributed by atoms with van der Waals surface area (Å²) in [6.07, 6.45) is 2.19. The van der Waals surface area contributed by atoms with Gasteiger partial charge in [0.2, 0.25) is 5.91 Å². The van der Waals surface area contributed by atoms with Gasteiger partial charge in [0.15, 0.2) is 0 Å². The van der Waals surface area contributed by atoms with Gasteiger partial charge in [0.05, 0.1) is 0 Å². The summed E-state index contributed by atoms with van der Waals surface area (Å²) in [5.74, 6) is 0.160. The lowest BCUT2D eigenvalue weighted by molar-refractivity contribution is -0.126. The molecule has 2 N–H and O–H groups in total. The minimum Gasteiger partial charge on any atom is -0.355 e. The van der Waals surface area contributed by atoms with Crippen LogP contribution in [0.25, 0.3) is 0 Å². The third kappa shape index (κ3) is 3.27. The summed E-state index contributed by atoms with van der Waals surface area (Å²) in [5.41, 5.74) is 0. The molecule has 1 heterocycles. The first-order chi connectivity index (χ1) is 6.75. The normalized spacial score (nSPS) is 23.4. The van der Waals surface area contributed by atoms with Crippen LogP contribution in [-0.4, -0.2) is 50.1 Å². The van der Waals surface area contributed by atoms with Crippen molar-refractivity contribution in [2.24, 2.45) is 0 Å². The minimum absolute atomic E-state index is 0.0145. The van der Waals surface area contributed by atoms with Crippen molar-refractivity contribution in [1.29, 1.82) is 0 Å². The Kier molecular flexibility index (Phi) is 4.90. The van der Waals surface area contributed by atoms with Gasteiger partial charge in [0.1, 0.15) is 6.04 Å². The number of carbonyl (C=O) groups is 1. The molecule has 1 atom stereocenters. The van der Waals surface area contributed by atoms with Gasteiger partial charge in [-0.25, -0.2) is 0 Å². The van der Waals surface area contributed by atoms with Crippen LogP contribution in [0.15, 0.2) is 0 Å². The average Bonchev–Trinajstić information content (AvgIpc) is 2.18. The van der Waals surface area contributed by atoms with E-state index in [1.54, 1.807) is 0 Å². The van der Waals surface area contributed by atoms with E-state index < -0.39 is 0 Å². The fourth-order valence-electron chi connectivity index (χ4n) is 1.60. The molecule has 1 aliphatic rings. The second-order valence-electron chi connectivity index (χ2n) is 3.85. The molecular weight excluding hydrogens is 178 g/mol. The number of likely N-dealkylation sites (N-methyl/N-ethyl adjacent to an activating group) is 1. The summed E-state index contributed by atoms with van der Waals surface area (Å²) in [4.78, 5) is 13.8. The maximum atomic E-state index is 11.7. The van der Waals surface area contributed by atoms with Gasteiger partial charge in [0.25, 0.3) is 0 Å². The highest BCUT2D eigenvalue weighted by atomic mass is 16.2. The summed E-state index contributed by atoms with van der Waals surface area (Å²) in [6, 6.07) is 0.0145. The molecule has 1 fully saturated rings. The molecule has 0 spiro atoms. The van der Waals surface area contributed by atoms with Gasteiger partial charge in [-0.1, -0.05) is 13.3 Å². The van der Waals surface area contributed by atoms with Crippen LogP contribution in [0.1, 0.15) is 19.8 Å². The van der Waals surface area contributed by atoms with E-state index in [4.69, 9.17) is 0 Å². The Labute approximate surface area is 86.0 Å². The maximum absolute atomic E-state index is 11.7. The van der Waals surface area contributed by atoms with Crippen molar-refractivity contribution >= 4 is 5.91 Å². The summed E-state index contributed by atoms with van der Waals surface area (Å²) in [5, 5.41) is 6.20. The fourth-order valence-corrected chi connectivity index (χ4v) is 1.60. The average molecular weight is 199 g/mol. The van der Waals surface area contributed by atoms with Crippen LogP contribution < -0.4 is 10.6 Å². The predicted molar refractivity (Wildman–Crippen MR) is 57.2 cm³/mol. The standard InChI is InChI=1S/C10H21N3O/c1-3-4-5-12-10(14)9-8-11-6-7-13(9)2/h9,11H,3-8H2,1-2H3,(H,12,14). The lowest BCUT2D eigenvalue weighted by Crippen LogP contribution is -2.56. The lowest BCUT2D eigenvalue weighted by atomic mass is 10.2. The molecule has 0 aliphatic carbocycles. The van der Waals surface area contributed by atoms with Crippen molar-refractivity contribution in [3.8, 4) is 0 Å². The summed E-state index contributed by atoms with van der Waals surface area (Å²) in [6.45, 7) is 5.63. The van der Waals surface area contributed by atoms with E-state index in [0.717, 1.165) is 39.0 Å². The van der Waals surface area contributed by atoms with Gasteiger partial charge >= 0.3 is 0 Å². The van der Waals surface area contributed by atoms with Crippen molar-refractivity contribution in [2.75, 3.05) is 33.2 Å². The predicted octanol–water partition coefficient (Wildman–Crippen LogP) is -0.194. The lowest BCUT2D eigenvalue weighted by Gasteiger charge is -2.31. The quantitative estimate of drug-likeness (QED) is 0.617. The largest absolute Gasteiger partial charge is 0.355 e. The van der Waals surface area contributed by atoms with E-state index in [1.807, 2.05) is 7.05 Å². The molecule has 82 valence electrons. The van der Waals surface area contributed by atoms with Crippen LogP contribution in [0.5, 0.6) is 0 Å². The van der Waals surface area contributed by atoms with Crippen LogP contribution in [0.4, 0.5) is 0 Å². The first kappa shape index (κ1) is 11.5. The van der Waals surface area contributed by atoms with E-state index in [1.165, 1.54) is 0 Å². The van der Waals surface area contributed by atoms with Crippen LogP contribution >= 0.6 is 0 Å². The molecule has 1 saturated heterocycles. The summed E-state index contributed by atoms with van der Waals surface area (Å²) >= 11 is 0. The van der Waals surface area contributed by atoms with E-state index in [9.17, 15) is 4.79 Å². The number of amides is 1. The smallest absolute Gasteiger partial charge is 0.238 e. The minimum atomic E-state index is 0.0145. The molecule has 1 unspecified atom stereocenters. The molecule has 1 rings (SSSR count). The molecule has 14 heavy (non-hydrogen) atoms. The Morgan fingerprint density at radius 3 is 3.07 bits per heavy atom. The highest BCUT2D eigenvalue weighted by Gasteiger charge is 2.24. The maximum Gasteiger partial charge on any atom is 0.238 e. The van der Waals surface area contributed by atoms with Crippen molar-refractivity contribution in [3.63, 3.8) is 0 Å². The highest BCUT2D eigenvalue weighted by molar-refractivity contribution is 5.82. The Hall–Kier alpha value is -0.610. The van der Waals surface area contributed by atoms with E-state index in [-0.39, 0.29) is 11.9 Å². The van der Waals surface area contributed by atoms with Crippen LogP contribution in [-0.2, 0) is 4.79 Å². The molecule has 4 nitrogen and oxygen atoms in total. The molecule has 0 saturated carbocycles. The number of hydrogen-bond donors (Lipinski definition) is 2. The molecule has 0 bridgehead atoms. The Balaban J connectivity index is 2.27. The third-order valence-electron chi connectivity index (χ3n) is 2.64. The number of unbranched alkanes of at least 4 members (excludes halogenated alkanes) is 1. The number of piperazine rings is 1. The number of nitrogens with one attached hydrogen (secondary N) is 2. The number of nitrogens with zero attached hydrogens (tertiary/aromatic N) is 1. The highest BCUT2D eigenvalue weighted by Crippen LogP contribution is 1.99.